The minimum absolute atomic E-state index is 0.0533. The summed E-state index contributed by atoms with van der Waals surface area (Å²) in [4.78, 5) is 10.7. The number of halogens is 2. The number of hydrogen-bond acceptors (Lipinski definition) is 4. The Kier molecular flexibility index (Phi) is 6.89. The molecule has 0 saturated carbocycles. The van der Waals surface area contributed by atoms with Crippen LogP contribution in [0.4, 0.5) is 0 Å². The minimum Gasteiger partial charge on any atom is -0.478 e. The highest BCUT2D eigenvalue weighted by Gasteiger charge is 2.24. The molecule has 1 aromatic rings. The van der Waals surface area contributed by atoms with Crippen molar-refractivity contribution < 1.29 is 23.4 Å². The van der Waals surface area contributed by atoms with E-state index in [4.69, 9.17) is 33.4 Å². The Morgan fingerprint density at radius 2 is 1.86 bits per heavy atom. The zero-order chi connectivity index (χ0) is 16.0. The van der Waals surface area contributed by atoms with Gasteiger partial charge in [-0.2, -0.15) is 0 Å². The second kappa shape index (κ2) is 7.95. The van der Waals surface area contributed by atoms with Gasteiger partial charge >= 0.3 is 5.97 Å². The molecule has 1 aromatic carbocycles. The molecular formula is C12H15Cl2NO5S. The summed E-state index contributed by atoms with van der Waals surface area (Å²) < 4.78 is 26.5. The standard InChI is InChI=1S/C12H15Cl2NO5S/c13-8-4-5-9(11(14)10(8)12(17)18)21(19,20)15-6-2-1-3-7-16/h4-5,15-16H,1-3,6-7H2,(H,17,18). The first-order valence-corrected chi connectivity index (χ1v) is 8.37. The summed E-state index contributed by atoms with van der Waals surface area (Å²) in [7, 11) is -3.92. The van der Waals surface area contributed by atoms with Gasteiger partial charge in [0, 0.05) is 13.2 Å². The Balaban J connectivity index is 2.94. The van der Waals surface area contributed by atoms with Crippen LogP contribution in [-0.4, -0.2) is 37.8 Å². The molecular weight excluding hydrogens is 341 g/mol. The Labute approximate surface area is 132 Å². The van der Waals surface area contributed by atoms with E-state index in [1.807, 2.05) is 0 Å². The number of carbonyl (C=O) groups is 1. The maximum absolute atomic E-state index is 12.1. The Morgan fingerprint density at radius 3 is 2.43 bits per heavy atom. The topological polar surface area (TPSA) is 104 Å². The number of sulfonamides is 1. The molecule has 0 aliphatic rings. The van der Waals surface area contributed by atoms with Gasteiger partial charge in [-0.15, -0.1) is 0 Å². The number of carboxylic acid groups (broad SMARTS) is 1. The molecule has 1 rings (SSSR count). The number of nitrogens with one attached hydrogen (secondary N) is 1. The summed E-state index contributed by atoms with van der Waals surface area (Å²) in [5, 5.41) is 17.1. The number of carboxylic acids is 1. The average molecular weight is 356 g/mol. The van der Waals surface area contributed by atoms with E-state index in [2.05, 4.69) is 4.72 Å². The second-order valence-electron chi connectivity index (χ2n) is 4.22. The van der Waals surface area contributed by atoms with Gasteiger partial charge in [-0.05, 0) is 31.4 Å². The van der Waals surface area contributed by atoms with Crippen LogP contribution in [0.15, 0.2) is 17.0 Å². The third-order valence-corrected chi connectivity index (χ3v) is 5.01. The van der Waals surface area contributed by atoms with Gasteiger partial charge in [-0.1, -0.05) is 23.2 Å². The SMILES string of the molecule is O=C(O)c1c(Cl)ccc(S(=O)(=O)NCCCCCO)c1Cl. The van der Waals surface area contributed by atoms with Crippen molar-refractivity contribution in [3.05, 3.63) is 27.7 Å². The van der Waals surface area contributed by atoms with Gasteiger partial charge in [-0.3, -0.25) is 0 Å². The molecule has 0 fully saturated rings. The molecule has 0 saturated heterocycles. The fraction of sp³-hybridized carbons (Fsp3) is 0.417. The third kappa shape index (κ3) is 4.82. The number of unbranched alkanes of at least 4 members (excludes halogenated alkanes) is 2. The van der Waals surface area contributed by atoms with E-state index in [0.29, 0.717) is 19.3 Å². The average Bonchev–Trinajstić information content (AvgIpc) is 2.37. The van der Waals surface area contributed by atoms with E-state index >= 15 is 0 Å². The van der Waals surface area contributed by atoms with E-state index in [9.17, 15) is 13.2 Å². The van der Waals surface area contributed by atoms with Crippen molar-refractivity contribution in [2.24, 2.45) is 0 Å². The van der Waals surface area contributed by atoms with Gasteiger partial charge in [0.15, 0.2) is 0 Å². The van der Waals surface area contributed by atoms with Gasteiger partial charge in [0.1, 0.15) is 4.90 Å². The summed E-state index contributed by atoms with van der Waals surface area (Å²) in [5.74, 6) is -1.40. The maximum Gasteiger partial charge on any atom is 0.338 e. The predicted molar refractivity (Wildman–Crippen MR) is 79.5 cm³/mol. The summed E-state index contributed by atoms with van der Waals surface area (Å²) >= 11 is 11.5. The lowest BCUT2D eigenvalue weighted by atomic mass is 10.2. The molecule has 0 atom stereocenters. The van der Waals surface area contributed by atoms with Gasteiger partial charge in [0.2, 0.25) is 10.0 Å². The van der Waals surface area contributed by atoms with Crippen molar-refractivity contribution in [3.8, 4) is 0 Å². The molecule has 0 aliphatic carbocycles. The molecule has 0 heterocycles. The minimum atomic E-state index is -3.92. The van der Waals surface area contributed by atoms with Crippen molar-refractivity contribution >= 4 is 39.2 Å². The summed E-state index contributed by atoms with van der Waals surface area (Å²) in [5.41, 5.74) is -0.443. The maximum atomic E-state index is 12.1. The largest absolute Gasteiger partial charge is 0.478 e. The second-order valence-corrected chi connectivity index (χ2v) is 6.74. The van der Waals surface area contributed by atoms with Crippen LogP contribution in [-0.2, 0) is 10.0 Å². The molecule has 0 radical (unpaired) electrons. The number of aromatic carboxylic acids is 1. The molecule has 0 aliphatic heterocycles. The summed E-state index contributed by atoms with van der Waals surface area (Å²) in [6.07, 6.45) is 1.82. The quantitative estimate of drug-likeness (QED) is 0.619. The molecule has 21 heavy (non-hydrogen) atoms. The lowest BCUT2D eigenvalue weighted by Gasteiger charge is -2.10. The first-order valence-electron chi connectivity index (χ1n) is 6.13. The Morgan fingerprint density at radius 1 is 1.19 bits per heavy atom. The first kappa shape index (κ1) is 18.2. The van der Waals surface area contributed by atoms with Crippen molar-refractivity contribution in [1.82, 2.24) is 4.72 Å². The van der Waals surface area contributed by atoms with Crippen molar-refractivity contribution in [3.63, 3.8) is 0 Å². The number of benzene rings is 1. The van der Waals surface area contributed by atoms with Crippen LogP contribution in [0.2, 0.25) is 10.0 Å². The monoisotopic (exact) mass is 355 g/mol. The Hall–Kier alpha value is -0.860. The highest BCUT2D eigenvalue weighted by Crippen LogP contribution is 2.30. The van der Waals surface area contributed by atoms with Gasteiger partial charge in [0.05, 0.1) is 15.6 Å². The molecule has 3 N–H and O–H groups in total. The number of hydrogen-bond donors (Lipinski definition) is 3. The third-order valence-electron chi connectivity index (χ3n) is 2.69. The smallest absolute Gasteiger partial charge is 0.338 e. The van der Waals surface area contributed by atoms with Crippen molar-refractivity contribution in [2.75, 3.05) is 13.2 Å². The first-order chi connectivity index (χ1) is 9.81. The van der Waals surface area contributed by atoms with Crippen LogP contribution in [0, 0.1) is 0 Å². The van der Waals surface area contributed by atoms with Gasteiger partial charge in [-0.25, -0.2) is 17.9 Å². The van der Waals surface area contributed by atoms with Crippen molar-refractivity contribution in [2.45, 2.75) is 24.2 Å². The molecule has 0 amide bonds. The van der Waals surface area contributed by atoms with E-state index < -0.39 is 26.6 Å². The molecule has 0 aromatic heterocycles. The van der Waals surface area contributed by atoms with E-state index in [1.54, 1.807) is 0 Å². The normalized spacial score (nSPS) is 11.6. The van der Waals surface area contributed by atoms with Crippen molar-refractivity contribution in [1.29, 1.82) is 0 Å². The van der Waals surface area contributed by atoms with Crippen LogP contribution < -0.4 is 4.72 Å². The molecule has 9 heteroatoms. The van der Waals surface area contributed by atoms with Crippen LogP contribution in [0.1, 0.15) is 29.6 Å². The van der Waals surface area contributed by atoms with Gasteiger partial charge in [0.25, 0.3) is 0 Å². The van der Waals surface area contributed by atoms with E-state index in [1.165, 1.54) is 6.07 Å². The number of rotatable bonds is 8. The van der Waals surface area contributed by atoms with Gasteiger partial charge < -0.3 is 10.2 Å². The van der Waals surface area contributed by atoms with E-state index in [-0.39, 0.29) is 23.1 Å². The lowest BCUT2D eigenvalue weighted by Crippen LogP contribution is -2.25. The molecule has 6 nitrogen and oxygen atoms in total. The van der Waals surface area contributed by atoms with Crippen LogP contribution in [0.3, 0.4) is 0 Å². The zero-order valence-electron chi connectivity index (χ0n) is 11.0. The van der Waals surface area contributed by atoms with E-state index in [0.717, 1.165) is 6.07 Å². The lowest BCUT2D eigenvalue weighted by molar-refractivity contribution is 0.0697. The molecule has 0 bridgehead atoms. The highest BCUT2D eigenvalue weighted by molar-refractivity contribution is 7.89. The number of aliphatic hydroxyl groups is 1. The van der Waals surface area contributed by atoms with Crippen LogP contribution in [0.25, 0.3) is 0 Å². The number of aliphatic hydroxyl groups excluding tert-OH is 1. The van der Waals surface area contributed by atoms with Crippen LogP contribution >= 0.6 is 23.2 Å². The molecule has 0 spiro atoms. The summed E-state index contributed by atoms with van der Waals surface area (Å²) in [6, 6.07) is 2.34. The molecule has 0 unspecified atom stereocenters. The fourth-order valence-corrected chi connectivity index (χ4v) is 3.63. The zero-order valence-corrected chi connectivity index (χ0v) is 13.3. The summed E-state index contributed by atoms with van der Waals surface area (Å²) in [6.45, 7) is 0.224. The van der Waals surface area contributed by atoms with Crippen LogP contribution in [0.5, 0.6) is 0 Å². The molecule has 118 valence electrons. The fourth-order valence-electron chi connectivity index (χ4n) is 1.63. The predicted octanol–water partition coefficient (Wildman–Crippen LogP) is 2.13. The Bertz CT molecular complexity index is 618. The highest BCUT2D eigenvalue weighted by atomic mass is 35.5.